The summed E-state index contributed by atoms with van der Waals surface area (Å²) >= 11 is 0. The van der Waals surface area contributed by atoms with E-state index in [1.165, 1.54) is 28.5 Å². The van der Waals surface area contributed by atoms with Crippen LogP contribution in [0.2, 0.25) is 0 Å². The quantitative estimate of drug-likeness (QED) is 0.170. The number of nitrogens with zero attached hydrogens (tertiary/aromatic N) is 3. The van der Waals surface area contributed by atoms with E-state index in [0.29, 0.717) is 22.3 Å². The Labute approximate surface area is 241 Å². The van der Waals surface area contributed by atoms with Crippen LogP contribution in [0.4, 0.5) is 19.0 Å². The molecule has 0 aliphatic carbocycles. The molecule has 0 bridgehead atoms. The van der Waals surface area contributed by atoms with Gasteiger partial charge >= 0.3 is 15.6 Å². The van der Waals surface area contributed by atoms with Gasteiger partial charge in [-0.1, -0.05) is 66.7 Å². The number of piperidine rings is 1. The number of aromatic nitrogens is 2. The Morgan fingerprint density at radius 1 is 0.905 bits per heavy atom. The standard InChI is InChI=1S/C31H26F3N4O3S/c32-31(33,34)42(39,40)41-26-12-13-27-28(19-26)30(37-36-29(27)23-7-2-1-3-8-23)35-25-14-16-38(17-15-25)20-21-10-11-22-6-4-5-9-24(22)18-21/h1-11,13,18-19,25H,14-17,20H2,(H,35,37). The summed E-state index contributed by atoms with van der Waals surface area (Å²) in [7, 11) is -5.86. The highest BCUT2D eigenvalue weighted by Gasteiger charge is 2.48. The van der Waals surface area contributed by atoms with Crippen molar-refractivity contribution >= 4 is 37.5 Å². The molecule has 1 aliphatic rings. The van der Waals surface area contributed by atoms with Crippen molar-refractivity contribution in [3.05, 3.63) is 96.6 Å². The van der Waals surface area contributed by atoms with Crippen LogP contribution in [0.5, 0.6) is 5.75 Å². The number of anilines is 1. The minimum Gasteiger partial charge on any atom is -0.375 e. The monoisotopic (exact) mass is 591 g/mol. The fraction of sp³-hybridized carbons (Fsp3) is 0.226. The molecular formula is C31H26F3N4O3S. The number of fused-ring (bicyclic) bond motifs is 2. The summed E-state index contributed by atoms with van der Waals surface area (Å²) in [6, 6.07) is 29.1. The van der Waals surface area contributed by atoms with Crippen LogP contribution in [0, 0.1) is 6.07 Å². The van der Waals surface area contributed by atoms with Crippen molar-refractivity contribution in [1.82, 2.24) is 15.1 Å². The maximum atomic E-state index is 13.0. The Hall–Kier alpha value is -4.22. The zero-order valence-corrected chi connectivity index (χ0v) is 23.1. The first-order chi connectivity index (χ1) is 20.2. The van der Waals surface area contributed by atoms with E-state index in [4.69, 9.17) is 0 Å². The van der Waals surface area contributed by atoms with E-state index < -0.39 is 21.4 Å². The molecule has 0 unspecified atom stereocenters. The maximum absolute atomic E-state index is 13.0. The van der Waals surface area contributed by atoms with Crippen LogP contribution in [0.3, 0.4) is 0 Å². The lowest BCUT2D eigenvalue weighted by Crippen LogP contribution is -2.38. The molecule has 0 spiro atoms. The molecule has 1 radical (unpaired) electrons. The van der Waals surface area contributed by atoms with Crippen molar-refractivity contribution in [2.75, 3.05) is 18.4 Å². The lowest BCUT2D eigenvalue weighted by atomic mass is 10.0. The molecule has 4 aromatic carbocycles. The average molecular weight is 592 g/mol. The third kappa shape index (κ3) is 5.88. The maximum Gasteiger partial charge on any atom is 0.534 e. The first-order valence-electron chi connectivity index (χ1n) is 13.4. The van der Waals surface area contributed by atoms with E-state index in [1.807, 2.05) is 42.5 Å². The SMILES string of the molecule is O=S(=O)(Oc1[c]cc2c(-c3ccccc3)nnc(NC3CCN(Cc4ccc5ccccc5c4)CC3)c2c1)C(F)(F)F. The fourth-order valence-electron chi connectivity index (χ4n) is 5.22. The Kier molecular flexibility index (Phi) is 7.46. The van der Waals surface area contributed by atoms with Crippen molar-refractivity contribution < 1.29 is 25.8 Å². The molecule has 42 heavy (non-hydrogen) atoms. The van der Waals surface area contributed by atoms with E-state index >= 15 is 0 Å². The third-order valence-electron chi connectivity index (χ3n) is 7.36. The van der Waals surface area contributed by atoms with Gasteiger partial charge in [0.1, 0.15) is 5.69 Å². The van der Waals surface area contributed by atoms with E-state index in [0.717, 1.165) is 38.0 Å². The molecule has 7 nitrogen and oxygen atoms in total. The van der Waals surface area contributed by atoms with E-state index in [2.05, 4.69) is 61.0 Å². The zero-order chi connectivity index (χ0) is 29.3. The second kappa shape index (κ2) is 11.2. The second-order valence-electron chi connectivity index (χ2n) is 10.2. The summed E-state index contributed by atoms with van der Waals surface area (Å²) in [6.07, 6.45) is 1.61. The minimum absolute atomic E-state index is 0.0328. The number of nitrogens with one attached hydrogen (secondary N) is 1. The fourth-order valence-corrected chi connectivity index (χ4v) is 5.65. The lowest BCUT2D eigenvalue weighted by molar-refractivity contribution is -0.0500. The first-order valence-corrected chi connectivity index (χ1v) is 14.8. The van der Waals surface area contributed by atoms with Gasteiger partial charge in [0.25, 0.3) is 0 Å². The van der Waals surface area contributed by atoms with E-state index in [9.17, 15) is 21.6 Å². The summed E-state index contributed by atoms with van der Waals surface area (Å²) in [4.78, 5) is 2.38. The first kappa shape index (κ1) is 27.9. The van der Waals surface area contributed by atoms with Crippen LogP contribution in [0.1, 0.15) is 18.4 Å². The molecule has 0 saturated carbocycles. The van der Waals surface area contributed by atoms with Gasteiger partial charge in [0, 0.05) is 48.1 Å². The summed E-state index contributed by atoms with van der Waals surface area (Å²) < 4.78 is 66.6. The van der Waals surface area contributed by atoms with Gasteiger partial charge in [0.15, 0.2) is 11.6 Å². The van der Waals surface area contributed by atoms with Crippen LogP contribution in [0.25, 0.3) is 32.8 Å². The number of alkyl halides is 3. The molecule has 11 heteroatoms. The van der Waals surface area contributed by atoms with Gasteiger partial charge in [0.2, 0.25) is 0 Å². The lowest BCUT2D eigenvalue weighted by Gasteiger charge is -2.32. The van der Waals surface area contributed by atoms with Crippen molar-refractivity contribution in [1.29, 1.82) is 0 Å². The molecule has 1 aromatic heterocycles. The van der Waals surface area contributed by atoms with Crippen molar-refractivity contribution in [3.63, 3.8) is 0 Å². The molecule has 215 valence electrons. The van der Waals surface area contributed by atoms with Gasteiger partial charge in [-0.3, -0.25) is 4.90 Å². The van der Waals surface area contributed by atoms with E-state index in [1.54, 1.807) is 0 Å². The number of benzene rings is 4. The topological polar surface area (TPSA) is 84.4 Å². The van der Waals surface area contributed by atoms with Gasteiger partial charge in [-0.25, -0.2) is 0 Å². The zero-order valence-electron chi connectivity index (χ0n) is 22.3. The van der Waals surface area contributed by atoms with Crippen molar-refractivity contribution in [2.45, 2.75) is 30.9 Å². The molecule has 0 amide bonds. The predicted octanol–water partition coefficient (Wildman–Crippen LogP) is 6.56. The minimum atomic E-state index is -5.86. The largest absolute Gasteiger partial charge is 0.534 e. The molecule has 2 heterocycles. The van der Waals surface area contributed by atoms with Crippen LogP contribution in [-0.4, -0.2) is 48.2 Å². The molecule has 5 aromatic rings. The predicted molar refractivity (Wildman–Crippen MR) is 155 cm³/mol. The molecule has 1 fully saturated rings. The number of likely N-dealkylation sites (tertiary alicyclic amines) is 1. The van der Waals surface area contributed by atoms with Crippen LogP contribution in [-0.2, 0) is 16.7 Å². The molecule has 6 rings (SSSR count). The summed E-state index contributed by atoms with van der Waals surface area (Å²) in [5, 5.41) is 15.5. The Balaban J connectivity index is 1.23. The van der Waals surface area contributed by atoms with Gasteiger partial charge in [0.05, 0.1) is 0 Å². The van der Waals surface area contributed by atoms with Crippen molar-refractivity contribution in [2.24, 2.45) is 0 Å². The molecule has 1 aliphatic heterocycles. The second-order valence-corrected chi connectivity index (χ2v) is 11.8. The Morgan fingerprint density at radius 3 is 2.36 bits per heavy atom. The Bertz CT molecular complexity index is 1840. The third-order valence-corrected chi connectivity index (χ3v) is 8.33. The van der Waals surface area contributed by atoms with Crippen LogP contribution >= 0.6 is 0 Å². The number of hydrogen-bond donors (Lipinski definition) is 1. The van der Waals surface area contributed by atoms with Crippen LogP contribution < -0.4 is 9.50 Å². The highest BCUT2D eigenvalue weighted by atomic mass is 32.2. The number of hydrogen-bond acceptors (Lipinski definition) is 7. The smallest absolute Gasteiger partial charge is 0.375 e. The van der Waals surface area contributed by atoms with Crippen molar-refractivity contribution in [3.8, 4) is 17.0 Å². The Morgan fingerprint density at radius 2 is 1.62 bits per heavy atom. The highest BCUT2D eigenvalue weighted by Crippen LogP contribution is 2.35. The molecule has 0 atom stereocenters. The average Bonchev–Trinajstić information content (AvgIpc) is 2.98. The number of halogens is 3. The highest BCUT2D eigenvalue weighted by molar-refractivity contribution is 7.88. The van der Waals surface area contributed by atoms with E-state index in [-0.39, 0.29) is 6.04 Å². The molecular weight excluding hydrogens is 565 g/mol. The summed E-state index contributed by atoms with van der Waals surface area (Å²) in [6.45, 7) is 2.50. The van der Waals surface area contributed by atoms with Gasteiger partial charge in [-0.15, -0.1) is 10.2 Å². The molecule has 1 N–H and O–H groups in total. The molecule has 1 saturated heterocycles. The summed E-state index contributed by atoms with van der Waals surface area (Å²) in [5.41, 5.74) is -3.09. The number of rotatable bonds is 7. The van der Waals surface area contributed by atoms with Crippen LogP contribution in [0.15, 0.2) is 84.9 Å². The van der Waals surface area contributed by atoms with Gasteiger partial charge in [-0.2, -0.15) is 21.6 Å². The normalized spacial score (nSPS) is 15.2. The summed E-state index contributed by atoms with van der Waals surface area (Å²) in [5.74, 6) is -0.249. The van der Waals surface area contributed by atoms with Gasteiger partial charge in [-0.05, 0) is 47.4 Å². The van der Waals surface area contributed by atoms with Gasteiger partial charge < -0.3 is 9.50 Å².